The molecule has 2 rings (SSSR count). The molecule has 18 heavy (non-hydrogen) atoms. The van der Waals surface area contributed by atoms with E-state index >= 15 is 0 Å². The topological polar surface area (TPSA) is 39.2 Å². The molecule has 0 aromatic carbocycles. The third-order valence-electron chi connectivity index (χ3n) is 2.88. The molecule has 0 bridgehead atoms. The average Bonchev–Trinajstić information content (AvgIpc) is 3.08. The fraction of sp³-hybridized carbons (Fsp3) is 0.500. The van der Waals surface area contributed by atoms with Gasteiger partial charge in [0.1, 0.15) is 5.69 Å². The van der Waals surface area contributed by atoms with Crippen molar-refractivity contribution >= 4 is 5.97 Å². The van der Waals surface area contributed by atoms with E-state index in [1.165, 1.54) is 12.3 Å². The third kappa shape index (κ3) is 2.63. The van der Waals surface area contributed by atoms with Gasteiger partial charge in [0.25, 0.3) is 0 Å². The van der Waals surface area contributed by atoms with Gasteiger partial charge in [-0.1, -0.05) is 6.07 Å². The van der Waals surface area contributed by atoms with Gasteiger partial charge in [0.05, 0.1) is 12.5 Å². The van der Waals surface area contributed by atoms with Crippen LogP contribution < -0.4 is 0 Å². The zero-order valence-electron chi connectivity index (χ0n) is 9.70. The number of halogens is 3. The third-order valence-corrected chi connectivity index (χ3v) is 2.88. The zero-order chi connectivity index (χ0) is 13.3. The molecule has 1 fully saturated rings. The number of rotatable bonds is 3. The SMILES string of the molecule is CCOC(=O)[C@@H]1C[C@@H]1c1ccc(C(F)(F)F)nc1. The van der Waals surface area contributed by atoms with Crippen molar-refractivity contribution in [2.45, 2.75) is 25.4 Å². The Kier molecular flexibility index (Phi) is 3.28. The number of hydrogen-bond donors (Lipinski definition) is 0. The lowest BCUT2D eigenvalue weighted by Gasteiger charge is -2.06. The predicted molar refractivity (Wildman–Crippen MR) is 56.7 cm³/mol. The lowest BCUT2D eigenvalue weighted by atomic mass is 10.1. The first-order chi connectivity index (χ1) is 8.43. The Morgan fingerprint density at radius 1 is 1.50 bits per heavy atom. The van der Waals surface area contributed by atoms with Crippen molar-refractivity contribution < 1.29 is 22.7 Å². The lowest BCUT2D eigenvalue weighted by molar-refractivity contribution is -0.145. The second-order valence-electron chi connectivity index (χ2n) is 4.18. The van der Waals surface area contributed by atoms with E-state index in [0.29, 0.717) is 18.6 Å². The molecular formula is C12H12F3NO2. The molecular weight excluding hydrogens is 247 g/mol. The van der Waals surface area contributed by atoms with Crippen LogP contribution in [0, 0.1) is 5.92 Å². The molecule has 1 aromatic heterocycles. The summed E-state index contributed by atoms with van der Waals surface area (Å²) in [5.41, 5.74) is -0.263. The van der Waals surface area contributed by atoms with Crippen LogP contribution in [0.3, 0.4) is 0 Å². The fourth-order valence-electron chi connectivity index (χ4n) is 1.87. The maximum Gasteiger partial charge on any atom is 0.433 e. The first-order valence-corrected chi connectivity index (χ1v) is 5.63. The van der Waals surface area contributed by atoms with E-state index in [2.05, 4.69) is 4.98 Å². The van der Waals surface area contributed by atoms with Gasteiger partial charge in [0.15, 0.2) is 0 Å². The van der Waals surface area contributed by atoms with Crippen molar-refractivity contribution in [2.24, 2.45) is 5.92 Å². The van der Waals surface area contributed by atoms with Crippen LogP contribution in [0.4, 0.5) is 13.2 Å². The second kappa shape index (κ2) is 4.59. The number of nitrogens with zero attached hydrogens (tertiary/aromatic N) is 1. The molecule has 0 amide bonds. The molecule has 3 nitrogen and oxygen atoms in total. The Balaban J connectivity index is 2.03. The van der Waals surface area contributed by atoms with E-state index < -0.39 is 11.9 Å². The van der Waals surface area contributed by atoms with E-state index in [1.807, 2.05) is 0 Å². The summed E-state index contributed by atoms with van der Waals surface area (Å²) in [4.78, 5) is 14.8. The second-order valence-corrected chi connectivity index (χ2v) is 4.18. The molecule has 1 saturated carbocycles. The minimum Gasteiger partial charge on any atom is -0.466 e. The van der Waals surface area contributed by atoms with Crippen LogP contribution >= 0.6 is 0 Å². The van der Waals surface area contributed by atoms with Crippen LogP contribution in [-0.2, 0) is 15.7 Å². The largest absolute Gasteiger partial charge is 0.466 e. The summed E-state index contributed by atoms with van der Waals surface area (Å²) in [7, 11) is 0. The molecule has 1 heterocycles. The Morgan fingerprint density at radius 2 is 2.22 bits per heavy atom. The van der Waals surface area contributed by atoms with Gasteiger partial charge in [-0.15, -0.1) is 0 Å². The molecule has 1 aromatic rings. The molecule has 0 spiro atoms. The van der Waals surface area contributed by atoms with Gasteiger partial charge in [-0.2, -0.15) is 13.2 Å². The molecule has 2 atom stereocenters. The summed E-state index contributed by atoms with van der Waals surface area (Å²) < 4.78 is 41.8. The van der Waals surface area contributed by atoms with Crippen molar-refractivity contribution in [3.63, 3.8) is 0 Å². The number of hydrogen-bond acceptors (Lipinski definition) is 3. The standard InChI is InChI=1S/C12H12F3NO2/c1-2-18-11(17)9-5-8(9)7-3-4-10(16-6-7)12(13,14)15/h3-4,6,8-9H,2,5H2,1H3/t8-,9-/m1/s1. The van der Waals surface area contributed by atoms with Crippen LogP contribution in [0.2, 0.25) is 0 Å². The molecule has 0 radical (unpaired) electrons. The maximum absolute atomic E-state index is 12.3. The highest BCUT2D eigenvalue weighted by Gasteiger charge is 2.45. The molecule has 6 heteroatoms. The first kappa shape index (κ1) is 12.9. The number of ether oxygens (including phenoxy) is 1. The molecule has 98 valence electrons. The van der Waals surface area contributed by atoms with Gasteiger partial charge in [0, 0.05) is 6.20 Å². The minimum absolute atomic E-state index is 0.0566. The van der Waals surface area contributed by atoms with Crippen molar-refractivity contribution in [2.75, 3.05) is 6.61 Å². The van der Waals surface area contributed by atoms with Gasteiger partial charge in [-0.25, -0.2) is 0 Å². The fourth-order valence-corrected chi connectivity index (χ4v) is 1.87. The first-order valence-electron chi connectivity index (χ1n) is 5.63. The summed E-state index contributed by atoms with van der Waals surface area (Å²) in [5, 5.41) is 0. The number of aromatic nitrogens is 1. The van der Waals surface area contributed by atoms with Crippen LogP contribution in [0.15, 0.2) is 18.3 Å². The van der Waals surface area contributed by atoms with Crippen molar-refractivity contribution in [3.8, 4) is 0 Å². The Morgan fingerprint density at radius 3 is 2.72 bits per heavy atom. The van der Waals surface area contributed by atoms with Crippen LogP contribution in [0.25, 0.3) is 0 Å². The van der Waals surface area contributed by atoms with E-state index in [1.54, 1.807) is 6.92 Å². The van der Waals surface area contributed by atoms with Crippen LogP contribution in [0.1, 0.15) is 30.5 Å². The van der Waals surface area contributed by atoms with Crippen molar-refractivity contribution in [3.05, 3.63) is 29.6 Å². The van der Waals surface area contributed by atoms with Crippen molar-refractivity contribution in [1.29, 1.82) is 0 Å². The molecule has 0 N–H and O–H groups in total. The Labute approximate surface area is 102 Å². The highest BCUT2D eigenvalue weighted by atomic mass is 19.4. The number of pyridine rings is 1. The van der Waals surface area contributed by atoms with Crippen LogP contribution in [-0.4, -0.2) is 17.6 Å². The molecule has 1 aliphatic rings. The predicted octanol–water partition coefficient (Wildman–Crippen LogP) is 2.77. The minimum atomic E-state index is -4.43. The summed E-state index contributed by atoms with van der Waals surface area (Å²) in [6, 6.07) is 2.32. The number of carbonyl (C=O) groups excluding carboxylic acids is 1. The summed E-state index contributed by atoms with van der Waals surface area (Å²) in [6.45, 7) is 2.03. The Bertz CT molecular complexity index is 442. The van der Waals surface area contributed by atoms with Gasteiger partial charge in [0.2, 0.25) is 0 Å². The Hall–Kier alpha value is -1.59. The van der Waals surface area contributed by atoms with E-state index in [-0.39, 0.29) is 17.8 Å². The summed E-state index contributed by atoms with van der Waals surface area (Å²) in [6.07, 6.45) is -2.62. The maximum atomic E-state index is 12.3. The lowest BCUT2D eigenvalue weighted by Crippen LogP contribution is -2.09. The van der Waals surface area contributed by atoms with Gasteiger partial charge in [-0.3, -0.25) is 9.78 Å². The molecule has 0 saturated heterocycles. The number of esters is 1. The normalized spacial score (nSPS) is 22.7. The van der Waals surface area contributed by atoms with E-state index in [0.717, 1.165) is 6.07 Å². The van der Waals surface area contributed by atoms with Crippen molar-refractivity contribution in [1.82, 2.24) is 4.98 Å². The average molecular weight is 259 g/mol. The number of alkyl halides is 3. The highest BCUT2D eigenvalue weighted by molar-refractivity contribution is 5.77. The molecule has 0 aliphatic heterocycles. The smallest absolute Gasteiger partial charge is 0.433 e. The van der Waals surface area contributed by atoms with Gasteiger partial charge < -0.3 is 4.74 Å². The van der Waals surface area contributed by atoms with Gasteiger partial charge >= 0.3 is 12.1 Å². The van der Waals surface area contributed by atoms with E-state index in [4.69, 9.17) is 4.74 Å². The highest BCUT2D eigenvalue weighted by Crippen LogP contribution is 2.48. The van der Waals surface area contributed by atoms with Crippen LogP contribution in [0.5, 0.6) is 0 Å². The summed E-state index contributed by atoms with van der Waals surface area (Å²) >= 11 is 0. The number of carbonyl (C=O) groups is 1. The monoisotopic (exact) mass is 259 g/mol. The molecule has 0 unspecified atom stereocenters. The quantitative estimate of drug-likeness (QED) is 0.783. The molecule has 1 aliphatic carbocycles. The zero-order valence-corrected chi connectivity index (χ0v) is 9.70. The van der Waals surface area contributed by atoms with E-state index in [9.17, 15) is 18.0 Å². The van der Waals surface area contributed by atoms with Gasteiger partial charge in [-0.05, 0) is 30.9 Å². The summed E-state index contributed by atoms with van der Waals surface area (Å²) in [5.74, 6) is -0.579.